The third-order valence-corrected chi connectivity index (χ3v) is 8.63. The van der Waals surface area contributed by atoms with Crippen molar-refractivity contribution in [1.29, 1.82) is 0 Å². The van der Waals surface area contributed by atoms with Crippen LogP contribution in [-0.2, 0) is 19.7 Å². The average molecular weight is 522 g/mol. The number of alkyl halides is 2. The van der Waals surface area contributed by atoms with Crippen molar-refractivity contribution in [3.8, 4) is 5.75 Å². The van der Waals surface area contributed by atoms with Crippen molar-refractivity contribution in [2.45, 2.75) is 29.2 Å². The Morgan fingerprint density at radius 2 is 1.70 bits per heavy atom. The van der Waals surface area contributed by atoms with Gasteiger partial charge in [0.25, 0.3) is 5.91 Å². The average Bonchev–Trinajstić information content (AvgIpc) is 2.73. The van der Waals surface area contributed by atoms with Crippen LogP contribution in [0.15, 0.2) is 52.3 Å². The molecule has 0 aromatic heterocycles. The second kappa shape index (κ2) is 9.94. The van der Waals surface area contributed by atoms with Gasteiger partial charge in [0.05, 0.1) is 21.1 Å². The molecule has 0 bridgehead atoms. The first-order valence-corrected chi connectivity index (χ1v) is 13.9. The lowest BCUT2D eigenvalue weighted by atomic mass is 9.98. The molecular formula is C21H22ClF2NO6S2. The second-order valence-corrected chi connectivity index (χ2v) is 12.2. The summed E-state index contributed by atoms with van der Waals surface area (Å²) in [6.07, 6.45) is 1.71. The lowest BCUT2D eigenvalue weighted by Gasteiger charge is -2.32. The number of hydrogen-bond acceptors (Lipinski definition) is 6. The van der Waals surface area contributed by atoms with Gasteiger partial charge in [-0.05, 0) is 61.2 Å². The first-order valence-electron chi connectivity index (χ1n) is 9.93. The largest absolute Gasteiger partial charge is 0.435 e. The van der Waals surface area contributed by atoms with Crippen molar-refractivity contribution in [3.63, 3.8) is 0 Å². The molecule has 180 valence electrons. The number of likely N-dealkylation sites (tertiary alicyclic amines) is 1. The summed E-state index contributed by atoms with van der Waals surface area (Å²) in [6, 6.07) is 9.07. The topological polar surface area (TPSA) is 97.8 Å². The molecule has 12 heteroatoms. The molecule has 1 aliphatic rings. The molecule has 1 amide bonds. The van der Waals surface area contributed by atoms with Crippen LogP contribution in [0.5, 0.6) is 5.75 Å². The van der Waals surface area contributed by atoms with Gasteiger partial charge in [0.2, 0.25) is 0 Å². The van der Waals surface area contributed by atoms with Gasteiger partial charge in [0, 0.05) is 24.4 Å². The Labute approximate surface area is 196 Å². The van der Waals surface area contributed by atoms with E-state index < -0.39 is 37.1 Å². The molecule has 0 N–H and O–H groups in total. The number of rotatable bonds is 7. The zero-order valence-corrected chi connectivity index (χ0v) is 20.0. The van der Waals surface area contributed by atoms with Crippen LogP contribution in [0.3, 0.4) is 0 Å². The molecule has 1 heterocycles. The van der Waals surface area contributed by atoms with Gasteiger partial charge in [-0.3, -0.25) is 4.79 Å². The Kier molecular flexibility index (Phi) is 7.65. The molecule has 0 unspecified atom stereocenters. The smallest absolute Gasteiger partial charge is 0.387 e. The first kappa shape index (κ1) is 25.4. The maximum absolute atomic E-state index is 13.0. The van der Waals surface area contributed by atoms with E-state index in [2.05, 4.69) is 4.74 Å². The van der Waals surface area contributed by atoms with E-state index in [0.717, 1.165) is 24.5 Å². The summed E-state index contributed by atoms with van der Waals surface area (Å²) in [6.45, 7) is -2.67. The van der Waals surface area contributed by atoms with E-state index in [9.17, 15) is 30.4 Å². The summed E-state index contributed by atoms with van der Waals surface area (Å²) < 4.78 is 78.8. The maximum atomic E-state index is 13.0. The molecule has 1 fully saturated rings. The van der Waals surface area contributed by atoms with Crippen LogP contribution >= 0.6 is 11.6 Å². The number of piperidine rings is 1. The number of hydrogen-bond donors (Lipinski definition) is 0. The third kappa shape index (κ3) is 6.42. The Balaban J connectivity index is 1.71. The zero-order chi connectivity index (χ0) is 24.4. The minimum absolute atomic E-state index is 0.0785. The van der Waals surface area contributed by atoms with Gasteiger partial charge in [-0.1, -0.05) is 11.6 Å². The van der Waals surface area contributed by atoms with Crippen LogP contribution in [0.4, 0.5) is 8.78 Å². The highest BCUT2D eigenvalue weighted by Crippen LogP contribution is 2.28. The lowest BCUT2D eigenvalue weighted by Crippen LogP contribution is -2.40. The zero-order valence-electron chi connectivity index (χ0n) is 17.6. The molecule has 2 aromatic carbocycles. The van der Waals surface area contributed by atoms with Gasteiger partial charge in [0.15, 0.2) is 19.7 Å². The number of ether oxygens (including phenoxy) is 1. The van der Waals surface area contributed by atoms with Crippen molar-refractivity contribution in [2.24, 2.45) is 5.92 Å². The van der Waals surface area contributed by atoms with Gasteiger partial charge < -0.3 is 9.64 Å². The SMILES string of the molecule is CS(=O)(=O)c1cc(OC(F)F)ccc1C(=O)N1CCC(CS(=O)(=O)c2ccc(Cl)cc2)CC1. The minimum Gasteiger partial charge on any atom is -0.435 e. The van der Waals surface area contributed by atoms with Crippen molar-refractivity contribution in [1.82, 2.24) is 4.90 Å². The van der Waals surface area contributed by atoms with Crippen LogP contribution in [0.25, 0.3) is 0 Å². The van der Waals surface area contributed by atoms with Crippen molar-refractivity contribution < 1.29 is 35.1 Å². The van der Waals surface area contributed by atoms with E-state index in [0.29, 0.717) is 17.9 Å². The highest BCUT2D eigenvalue weighted by molar-refractivity contribution is 7.91. The Morgan fingerprint density at radius 3 is 2.24 bits per heavy atom. The van der Waals surface area contributed by atoms with Crippen molar-refractivity contribution in [2.75, 3.05) is 25.1 Å². The van der Waals surface area contributed by atoms with E-state index in [1.807, 2.05) is 0 Å². The highest BCUT2D eigenvalue weighted by Gasteiger charge is 2.30. The first-order chi connectivity index (χ1) is 15.4. The molecule has 2 aromatic rings. The van der Waals surface area contributed by atoms with E-state index >= 15 is 0 Å². The molecule has 0 atom stereocenters. The summed E-state index contributed by atoms with van der Waals surface area (Å²) >= 11 is 5.81. The maximum Gasteiger partial charge on any atom is 0.387 e. The summed E-state index contributed by atoms with van der Waals surface area (Å²) in [5.74, 6) is -1.19. The summed E-state index contributed by atoms with van der Waals surface area (Å²) in [5.41, 5.74) is -0.147. The van der Waals surface area contributed by atoms with Gasteiger partial charge in [-0.25, -0.2) is 16.8 Å². The summed E-state index contributed by atoms with van der Waals surface area (Å²) in [7, 11) is -7.43. The number of carbonyl (C=O) groups excluding carboxylic acids is 1. The molecule has 1 aliphatic heterocycles. The van der Waals surface area contributed by atoms with Crippen LogP contribution in [-0.4, -0.2) is 59.4 Å². The normalized spacial score (nSPS) is 15.6. The lowest BCUT2D eigenvalue weighted by molar-refractivity contribution is -0.0500. The van der Waals surface area contributed by atoms with E-state index in [-0.39, 0.29) is 41.0 Å². The third-order valence-electron chi connectivity index (χ3n) is 5.34. The van der Waals surface area contributed by atoms with Gasteiger partial charge in [-0.15, -0.1) is 0 Å². The Hall–Kier alpha value is -2.24. The summed E-state index contributed by atoms with van der Waals surface area (Å²) in [4.78, 5) is 14.2. The molecule has 0 saturated carbocycles. The number of sulfone groups is 2. The van der Waals surface area contributed by atoms with Crippen LogP contribution in [0, 0.1) is 5.92 Å². The van der Waals surface area contributed by atoms with Gasteiger partial charge >= 0.3 is 6.61 Å². The monoisotopic (exact) mass is 521 g/mol. The van der Waals surface area contributed by atoms with E-state index in [1.165, 1.54) is 29.2 Å². The van der Waals surface area contributed by atoms with E-state index in [1.54, 1.807) is 0 Å². The predicted octanol–water partition coefficient (Wildman–Crippen LogP) is 3.67. The fourth-order valence-electron chi connectivity index (χ4n) is 3.68. The Morgan fingerprint density at radius 1 is 1.09 bits per heavy atom. The molecule has 3 rings (SSSR count). The Bertz CT molecular complexity index is 1230. The predicted molar refractivity (Wildman–Crippen MR) is 118 cm³/mol. The summed E-state index contributed by atoms with van der Waals surface area (Å²) in [5, 5.41) is 0.433. The van der Waals surface area contributed by atoms with Crippen molar-refractivity contribution in [3.05, 3.63) is 53.1 Å². The van der Waals surface area contributed by atoms with Crippen LogP contribution < -0.4 is 4.74 Å². The molecule has 1 saturated heterocycles. The fraction of sp³-hybridized carbons (Fsp3) is 0.381. The van der Waals surface area contributed by atoms with Gasteiger partial charge in [0.1, 0.15) is 5.75 Å². The highest BCUT2D eigenvalue weighted by atomic mass is 35.5. The number of amides is 1. The number of nitrogens with zero attached hydrogens (tertiary/aromatic N) is 1. The molecule has 33 heavy (non-hydrogen) atoms. The quantitative estimate of drug-likeness (QED) is 0.551. The minimum atomic E-state index is -3.91. The molecule has 0 radical (unpaired) electrons. The van der Waals surface area contributed by atoms with Crippen LogP contribution in [0.2, 0.25) is 5.02 Å². The van der Waals surface area contributed by atoms with E-state index in [4.69, 9.17) is 11.6 Å². The molecule has 0 aliphatic carbocycles. The fourth-order valence-corrected chi connectivity index (χ4v) is 6.39. The number of benzene rings is 2. The van der Waals surface area contributed by atoms with Crippen LogP contribution in [0.1, 0.15) is 23.2 Å². The second-order valence-electron chi connectivity index (χ2n) is 7.78. The number of carbonyl (C=O) groups is 1. The molecule has 0 spiro atoms. The molecular weight excluding hydrogens is 500 g/mol. The van der Waals surface area contributed by atoms with Crippen molar-refractivity contribution >= 4 is 37.2 Å². The van der Waals surface area contributed by atoms with Gasteiger partial charge in [-0.2, -0.15) is 8.78 Å². The standard InChI is InChI=1S/C21H22ClF2NO6S2/c1-32(27,28)19-12-16(31-21(23)24)4-7-18(19)20(26)25-10-8-14(9-11-25)13-33(29,30)17-5-2-15(22)3-6-17/h2-7,12,14,21H,8-11,13H2,1H3. The molecule has 7 nitrogen and oxygen atoms in total. The number of halogens is 3.